The van der Waals surface area contributed by atoms with Gasteiger partial charge in [-0.2, -0.15) is 5.26 Å². The van der Waals surface area contributed by atoms with Gasteiger partial charge in [0.25, 0.3) is 0 Å². The van der Waals surface area contributed by atoms with Crippen LogP contribution in [0.3, 0.4) is 0 Å². The van der Waals surface area contributed by atoms with Crippen LogP contribution in [0.2, 0.25) is 0 Å². The van der Waals surface area contributed by atoms with Crippen molar-refractivity contribution in [3.05, 3.63) is 22.9 Å². The van der Waals surface area contributed by atoms with Crippen molar-refractivity contribution in [3.8, 4) is 6.07 Å². The maximum absolute atomic E-state index is 9.36. The molecular formula is C17H25N3O. The van der Waals surface area contributed by atoms with Gasteiger partial charge in [0, 0.05) is 18.3 Å². The van der Waals surface area contributed by atoms with E-state index in [2.05, 4.69) is 30.2 Å². The van der Waals surface area contributed by atoms with Crippen LogP contribution in [0.15, 0.2) is 6.07 Å². The van der Waals surface area contributed by atoms with E-state index >= 15 is 0 Å². The normalized spacial score (nSPS) is 20.8. The van der Waals surface area contributed by atoms with Crippen LogP contribution in [0.4, 0.5) is 5.82 Å². The zero-order valence-corrected chi connectivity index (χ0v) is 13.5. The Morgan fingerprint density at radius 3 is 2.76 bits per heavy atom. The average molecular weight is 287 g/mol. The zero-order chi connectivity index (χ0) is 15.5. The molecule has 21 heavy (non-hydrogen) atoms. The molecule has 1 aromatic rings. The van der Waals surface area contributed by atoms with Gasteiger partial charge in [0.1, 0.15) is 11.9 Å². The number of anilines is 1. The van der Waals surface area contributed by atoms with E-state index in [0.29, 0.717) is 11.6 Å². The van der Waals surface area contributed by atoms with Crippen LogP contribution in [-0.4, -0.2) is 23.2 Å². The molecule has 0 saturated carbocycles. The molecule has 1 fully saturated rings. The van der Waals surface area contributed by atoms with Gasteiger partial charge in [0.15, 0.2) is 0 Å². The lowest BCUT2D eigenvalue weighted by molar-refractivity contribution is -0.0864. The van der Waals surface area contributed by atoms with Crippen molar-refractivity contribution in [1.29, 1.82) is 5.26 Å². The van der Waals surface area contributed by atoms with Crippen molar-refractivity contribution in [2.75, 3.05) is 11.9 Å². The van der Waals surface area contributed by atoms with E-state index in [1.54, 1.807) is 0 Å². The van der Waals surface area contributed by atoms with Crippen molar-refractivity contribution in [3.63, 3.8) is 0 Å². The van der Waals surface area contributed by atoms with Crippen LogP contribution in [-0.2, 0) is 4.74 Å². The summed E-state index contributed by atoms with van der Waals surface area (Å²) in [5.74, 6) is 0.725. The van der Waals surface area contributed by atoms with Crippen molar-refractivity contribution in [1.82, 2.24) is 4.98 Å². The number of hydrogen-bond donors (Lipinski definition) is 1. The van der Waals surface area contributed by atoms with Crippen LogP contribution in [0, 0.1) is 25.2 Å². The summed E-state index contributed by atoms with van der Waals surface area (Å²) in [5.41, 5.74) is 2.56. The molecule has 114 valence electrons. The molecule has 1 N–H and O–H groups in total. The average Bonchev–Trinajstić information content (AvgIpc) is 2.47. The minimum atomic E-state index is -0.0262. The Kier molecular flexibility index (Phi) is 4.84. The molecule has 0 aliphatic carbocycles. The summed E-state index contributed by atoms with van der Waals surface area (Å²) in [6.07, 6.45) is 3.97. The highest BCUT2D eigenvalue weighted by Crippen LogP contribution is 2.33. The third-order valence-electron chi connectivity index (χ3n) is 4.58. The molecule has 0 amide bonds. The maximum Gasteiger partial charge on any atom is 0.144 e. The van der Waals surface area contributed by atoms with Crippen LogP contribution in [0.25, 0.3) is 0 Å². The van der Waals surface area contributed by atoms with Gasteiger partial charge in [-0.3, -0.25) is 0 Å². The maximum atomic E-state index is 9.36. The number of aromatic nitrogens is 1. The Morgan fingerprint density at radius 1 is 1.43 bits per heavy atom. The summed E-state index contributed by atoms with van der Waals surface area (Å²) < 4.78 is 6.01. The standard InChI is InChI=1S/C17H25N3O/c1-5-17(6-2)10-14(7-8-21-17)20-16-15(11-18)12(3)9-13(4)19-16/h9,14H,5-8,10H2,1-4H3,(H,19,20). The predicted molar refractivity (Wildman–Crippen MR) is 84.3 cm³/mol. The molecule has 1 atom stereocenters. The van der Waals surface area contributed by atoms with Gasteiger partial charge in [-0.15, -0.1) is 0 Å². The first-order valence-electron chi connectivity index (χ1n) is 7.82. The largest absolute Gasteiger partial charge is 0.375 e. The summed E-state index contributed by atoms with van der Waals surface area (Å²) in [6.45, 7) is 9.06. The summed E-state index contributed by atoms with van der Waals surface area (Å²) in [7, 11) is 0. The molecule has 1 aliphatic rings. The van der Waals surface area contributed by atoms with Crippen molar-refractivity contribution >= 4 is 5.82 Å². The molecule has 2 heterocycles. The third-order valence-corrected chi connectivity index (χ3v) is 4.58. The lowest BCUT2D eigenvalue weighted by atomic mass is 9.86. The molecule has 1 aromatic heterocycles. The van der Waals surface area contributed by atoms with Gasteiger partial charge >= 0.3 is 0 Å². The van der Waals surface area contributed by atoms with Crippen molar-refractivity contribution in [2.24, 2.45) is 0 Å². The van der Waals surface area contributed by atoms with E-state index in [9.17, 15) is 5.26 Å². The van der Waals surface area contributed by atoms with Crippen LogP contribution >= 0.6 is 0 Å². The monoisotopic (exact) mass is 287 g/mol. The van der Waals surface area contributed by atoms with Crippen LogP contribution in [0.1, 0.15) is 56.4 Å². The Hall–Kier alpha value is -1.60. The van der Waals surface area contributed by atoms with Gasteiger partial charge in [-0.1, -0.05) is 13.8 Å². The number of nitrogens with zero attached hydrogens (tertiary/aromatic N) is 2. The Labute approximate surface area is 127 Å². The Morgan fingerprint density at radius 2 is 2.14 bits per heavy atom. The summed E-state index contributed by atoms with van der Waals surface area (Å²) in [5, 5.41) is 12.9. The fraction of sp³-hybridized carbons (Fsp3) is 0.647. The lowest BCUT2D eigenvalue weighted by Gasteiger charge is -2.40. The number of rotatable bonds is 4. The minimum Gasteiger partial charge on any atom is -0.375 e. The molecule has 1 unspecified atom stereocenters. The second-order valence-electron chi connectivity index (χ2n) is 5.99. The smallest absolute Gasteiger partial charge is 0.144 e. The van der Waals surface area contributed by atoms with Gasteiger partial charge in [-0.25, -0.2) is 4.98 Å². The number of ether oxygens (including phenoxy) is 1. The summed E-state index contributed by atoms with van der Waals surface area (Å²) in [6, 6.07) is 4.55. The number of nitrogens with one attached hydrogen (secondary N) is 1. The molecule has 4 heteroatoms. The number of aryl methyl sites for hydroxylation is 2. The molecule has 1 aliphatic heterocycles. The molecule has 4 nitrogen and oxygen atoms in total. The van der Waals surface area contributed by atoms with E-state index in [1.165, 1.54) is 0 Å². The minimum absolute atomic E-state index is 0.0262. The lowest BCUT2D eigenvalue weighted by Crippen LogP contribution is -2.43. The topological polar surface area (TPSA) is 57.9 Å². The van der Waals surface area contributed by atoms with Crippen molar-refractivity contribution in [2.45, 2.75) is 65.0 Å². The van der Waals surface area contributed by atoms with E-state index in [4.69, 9.17) is 4.74 Å². The molecule has 0 aromatic carbocycles. The first-order valence-corrected chi connectivity index (χ1v) is 7.82. The molecule has 1 saturated heterocycles. The number of nitriles is 1. The highest BCUT2D eigenvalue weighted by molar-refractivity contribution is 5.56. The zero-order valence-electron chi connectivity index (χ0n) is 13.5. The highest BCUT2D eigenvalue weighted by atomic mass is 16.5. The molecule has 0 bridgehead atoms. The second kappa shape index (κ2) is 6.44. The molecule has 0 spiro atoms. The fourth-order valence-electron chi connectivity index (χ4n) is 3.17. The van der Waals surface area contributed by atoms with E-state index in [-0.39, 0.29) is 5.60 Å². The first-order chi connectivity index (χ1) is 10.0. The van der Waals surface area contributed by atoms with Gasteiger partial charge in [0.05, 0.1) is 11.2 Å². The quantitative estimate of drug-likeness (QED) is 0.917. The second-order valence-corrected chi connectivity index (χ2v) is 5.99. The molecular weight excluding hydrogens is 262 g/mol. The Balaban J connectivity index is 2.21. The molecule has 2 rings (SSSR count). The van der Waals surface area contributed by atoms with E-state index in [0.717, 1.165) is 49.4 Å². The van der Waals surface area contributed by atoms with E-state index in [1.807, 2.05) is 19.9 Å². The van der Waals surface area contributed by atoms with Crippen LogP contribution in [0.5, 0.6) is 0 Å². The fourth-order valence-corrected chi connectivity index (χ4v) is 3.17. The highest BCUT2D eigenvalue weighted by Gasteiger charge is 2.34. The SMILES string of the molecule is CCC1(CC)CC(Nc2nc(C)cc(C)c2C#N)CCO1. The molecule has 0 radical (unpaired) electrons. The van der Waals surface area contributed by atoms with E-state index < -0.39 is 0 Å². The summed E-state index contributed by atoms with van der Waals surface area (Å²) >= 11 is 0. The van der Waals surface area contributed by atoms with Crippen molar-refractivity contribution < 1.29 is 4.74 Å². The first kappa shape index (κ1) is 15.8. The van der Waals surface area contributed by atoms with Gasteiger partial charge < -0.3 is 10.1 Å². The predicted octanol–water partition coefficient (Wildman–Crippen LogP) is 3.72. The number of hydrogen-bond acceptors (Lipinski definition) is 4. The summed E-state index contributed by atoms with van der Waals surface area (Å²) in [4.78, 5) is 4.52. The third kappa shape index (κ3) is 3.36. The van der Waals surface area contributed by atoms with Crippen LogP contribution < -0.4 is 5.32 Å². The van der Waals surface area contributed by atoms with Gasteiger partial charge in [0.2, 0.25) is 0 Å². The number of pyridine rings is 1. The Bertz CT molecular complexity index is 544. The van der Waals surface area contributed by atoms with Gasteiger partial charge in [-0.05, 0) is 51.2 Å².